The number of carbonyl (C=O) groups excluding carboxylic acids is 4. The molecule has 1 aliphatic heterocycles. The summed E-state index contributed by atoms with van der Waals surface area (Å²) in [6, 6.07) is 13.1. The maximum Gasteiger partial charge on any atom is 0.273 e. The Labute approximate surface area is 191 Å². The molecular weight excluding hydrogens is 428 g/mol. The Bertz CT molecular complexity index is 1120. The molecule has 0 aromatic heterocycles. The smallest absolute Gasteiger partial charge is 0.273 e. The van der Waals surface area contributed by atoms with Crippen LogP contribution >= 0.6 is 11.6 Å². The number of benzene rings is 2. The molecule has 4 rings (SSSR count). The van der Waals surface area contributed by atoms with Gasteiger partial charge in [0.25, 0.3) is 17.7 Å². The molecule has 2 atom stereocenters. The van der Waals surface area contributed by atoms with Gasteiger partial charge in [-0.1, -0.05) is 53.1 Å². The number of fused-ring (bicyclic) bond motifs is 1. The van der Waals surface area contributed by atoms with Crippen LogP contribution < -0.4 is 0 Å². The molecule has 1 heterocycles. The van der Waals surface area contributed by atoms with Crippen LogP contribution in [-0.4, -0.2) is 40.1 Å². The third-order valence-corrected chi connectivity index (χ3v) is 6.29. The first-order valence-electron chi connectivity index (χ1n) is 10.5. The molecule has 0 radical (unpaired) electrons. The molecule has 2 aromatic rings. The van der Waals surface area contributed by atoms with E-state index in [9.17, 15) is 19.2 Å². The molecule has 1 saturated heterocycles. The Morgan fingerprint density at radius 1 is 0.938 bits per heavy atom. The highest BCUT2D eigenvalue weighted by atomic mass is 35.5. The zero-order chi connectivity index (χ0) is 23.0. The van der Waals surface area contributed by atoms with Gasteiger partial charge in [-0.15, -0.1) is 0 Å². The van der Waals surface area contributed by atoms with Crippen molar-refractivity contribution in [2.24, 2.45) is 11.8 Å². The van der Waals surface area contributed by atoms with E-state index in [4.69, 9.17) is 11.6 Å². The molecule has 164 valence electrons. The highest BCUT2D eigenvalue weighted by Gasteiger charge is 2.51. The van der Waals surface area contributed by atoms with Gasteiger partial charge in [0, 0.05) is 16.1 Å². The summed E-state index contributed by atoms with van der Waals surface area (Å²) in [5.41, 5.74) is 2.67. The molecule has 0 spiro atoms. The summed E-state index contributed by atoms with van der Waals surface area (Å²) in [5, 5.41) is 2.33. The third kappa shape index (κ3) is 4.10. The second-order valence-corrected chi connectivity index (χ2v) is 8.79. The van der Waals surface area contributed by atoms with Crippen molar-refractivity contribution < 1.29 is 19.2 Å². The third-order valence-electron chi connectivity index (χ3n) is 6.03. The van der Waals surface area contributed by atoms with E-state index < -0.39 is 36.1 Å². The van der Waals surface area contributed by atoms with Gasteiger partial charge in [0.15, 0.2) is 5.78 Å². The molecule has 0 N–H and O–H groups in total. The van der Waals surface area contributed by atoms with Crippen LogP contribution in [0, 0.1) is 18.8 Å². The number of allylic oxidation sites excluding steroid dienone is 2. The first-order valence-corrected chi connectivity index (χ1v) is 10.8. The number of imide groups is 1. The van der Waals surface area contributed by atoms with Gasteiger partial charge in [0.1, 0.15) is 6.54 Å². The lowest BCUT2D eigenvalue weighted by atomic mass is 9.82. The molecule has 32 heavy (non-hydrogen) atoms. The minimum absolute atomic E-state index is 0.232. The molecule has 0 saturated carbocycles. The monoisotopic (exact) mass is 450 g/mol. The molecule has 2 aliphatic rings. The first-order chi connectivity index (χ1) is 15.3. The number of amides is 3. The fourth-order valence-electron chi connectivity index (χ4n) is 4.20. The number of hydrazine groups is 1. The first kappa shape index (κ1) is 22.0. The summed E-state index contributed by atoms with van der Waals surface area (Å²) >= 11 is 5.94. The summed E-state index contributed by atoms with van der Waals surface area (Å²) in [7, 11) is 0. The number of carbonyl (C=O) groups is 4. The molecular formula is C25H23ClN2O4. The van der Waals surface area contributed by atoms with E-state index in [2.05, 4.69) is 0 Å². The van der Waals surface area contributed by atoms with Crippen LogP contribution in [0.1, 0.15) is 46.0 Å². The lowest BCUT2D eigenvalue weighted by molar-refractivity contribution is -0.154. The Morgan fingerprint density at radius 2 is 1.53 bits per heavy atom. The van der Waals surface area contributed by atoms with Crippen LogP contribution in [-0.2, 0) is 9.59 Å². The van der Waals surface area contributed by atoms with Crippen molar-refractivity contribution in [2.75, 3.05) is 6.54 Å². The van der Waals surface area contributed by atoms with Crippen LogP contribution in [0.25, 0.3) is 0 Å². The highest BCUT2D eigenvalue weighted by molar-refractivity contribution is 6.30. The summed E-state index contributed by atoms with van der Waals surface area (Å²) in [4.78, 5) is 52.9. The molecule has 1 fully saturated rings. The second-order valence-electron chi connectivity index (χ2n) is 8.35. The number of aryl methyl sites for hydroxylation is 1. The Morgan fingerprint density at radius 3 is 2.19 bits per heavy atom. The van der Waals surface area contributed by atoms with E-state index in [1.54, 1.807) is 36.4 Å². The van der Waals surface area contributed by atoms with E-state index in [0.29, 0.717) is 23.4 Å². The number of nitrogens with zero attached hydrogens (tertiary/aromatic N) is 2. The highest BCUT2D eigenvalue weighted by Crippen LogP contribution is 2.38. The summed E-state index contributed by atoms with van der Waals surface area (Å²) < 4.78 is 0. The van der Waals surface area contributed by atoms with Gasteiger partial charge in [0.2, 0.25) is 0 Å². The van der Waals surface area contributed by atoms with Gasteiger partial charge in [-0.2, -0.15) is 5.01 Å². The van der Waals surface area contributed by atoms with Gasteiger partial charge < -0.3 is 0 Å². The maximum absolute atomic E-state index is 13.4. The number of halogens is 1. The number of ketones is 1. The van der Waals surface area contributed by atoms with E-state index in [-0.39, 0.29) is 11.3 Å². The molecule has 1 aliphatic carbocycles. The number of hydrogen-bond donors (Lipinski definition) is 0. The normalized spacial score (nSPS) is 20.1. The summed E-state index contributed by atoms with van der Waals surface area (Å²) in [6.45, 7) is 3.41. The van der Waals surface area contributed by atoms with Crippen molar-refractivity contribution >= 4 is 35.1 Å². The Balaban J connectivity index is 1.68. The standard InChI is InChI=1S/C25H23ClN2O4/c1-15-3-6-17(7-4-15)22(29)14-27(23(30)18-8-10-19(26)11-9-18)28-24(31)20-12-5-16(2)13-21(20)25(28)32/h3-11,20-21H,12-14H2,1-2H3/t20-,21-/m0/s1. The van der Waals surface area contributed by atoms with Gasteiger partial charge in [0.05, 0.1) is 11.8 Å². The largest absolute Gasteiger partial charge is 0.292 e. The van der Waals surface area contributed by atoms with Crippen LogP contribution in [0.2, 0.25) is 5.02 Å². The fourth-order valence-corrected chi connectivity index (χ4v) is 4.33. The lowest BCUT2D eigenvalue weighted by Gasteiger charge is -2.30. The van der Waals surface area contributed by atoms with E-state index in [0.717, 1.165) is 21.2 Å². The van der Waals surface area contributed by atoms with Gasteiger partial charge >= 0.3 is 0 Å². The zero-order valence-electron chi connectivity index (χ0n) is 17.9. The molecule has 2 aromatic carbocycles. The topological polar surface area (TPSA) is 74.8 Å². The number of hydrogen-bond acceptors (Lipinski definition) is 4. The van der Waals surface area contributed by atoms with Gasteiger partial charge in [-0.05, 0) is 51.0 Å². The molecule has 0 unspecified atom stereocenters. The quantitative estimate of drug-likeness (QED) is 0.388. The average molecular weight is 451 g/mol. The number of rotatable bonds is 5. The van der Waals surface area contributed by atoms with Gasteiger partial charge in [-0.3, -0.25) is 19.2 Å². The predicted octanol–water partition coefficient (Wildman–Crippen LogP) is 4.23. The Hall–Kier alpha value is -3.25. The predicted molar refractivity (Wildman–Crippen MR) is 120 cm³/mol. The van der Waals surface area contributed by atoms with E-state index >= 15 is 0 Å². The van der Waals surface area contributed by atoms with Crippen molar-refractivity contribution in [1.82, 2.24) is 10.0 Å². The van der Waals surface area contributed by atoms with Crippen LogP contribution in [0.3, 0.4) is 0 Å². The van der Waals surface area contributed by atoms with Crippen molar-refractivity contribution in [3.8, 4) is 0 Å². The van der Waals surface area contributed by atoms with Crippen molar-refractivity contribution in [3.05, 3.63) is 81.9 Å². The zero-order valence-corrected chi connectivity index (χ0v) is 18.6. The minimum atomic E-state index is -0.604. The fraction of sp³-hybridized carbons (Fsp3) is 0.280. The van der Waals surface area contributed by atoms with Crippen LogP contribution in [0.15, 0.2) is 60.2 Å². The summed E-state index contributed by atoms with van der Waals surface area (Å²) in [5.74, 6) is -2.87. The minimum Gasteiger partial charge on any atom is -0.292 e. The van der Waals surface area contributed by atoms with Crippen LogP contribution in [0.5, 0.6) is 0 Å². The SMILES string of the molecule is CC1=CC[C@@H]2C(=O)N(N(CC(=O)c3ccc(C)cc3)C(=O)c3ccc(Cl)cc3)C(=O)[C@H]2C1. The average Bonchev–Trinajstić information content (AvgIpc) is 3.02. The molecule has 0 bridgehead atoms. The number of Topliss-reactive ketones (excluding diaryl/α,β-unsaturated/α-hetero) is 1. The van der Waals surface area contributed by atoms with Crippen molar-refractivity contribution in [2.45, 2.75) is 26.7 Å². The van der Waals surface area contributed by atoms with Crippen LogP contribution in [0.4, 0.5) is 0 Å². The molecule has 3 amide bonds. The summed E-state index contributed by atoms with van der Waals surface area (Å²) in [6.07, 6.45) is 2.88. The lowest BCUT2D eigenvalue weighted by Crippen LogP contribution is -2.52. The Kier molecular flexibility index (Phi) is 5.98. The molecule has 6 nitrogen and oxygen atoms in total. The van der Waals surface area contributed by atoms with Crippen molar-refractivity contribution in [1.29, 1.82) is 0 Å². The van der Waals surface area contributed by atoms with E-state index in [1.807, 2.05) is 19.9 Å². The van der Waals surface area contributed by atoms with Gasteiger partial charge in [-0.25, -0.2) is 5.01 Å². The van der Waals surface area contributed by atoms with Crippen molar-refractivity contribution in [3.63, 3.8) is 0 Å². The van der Waals surface area contributed by atoms with E-state index in [1.165, 1.54) is 12.1 Å². The second kappa shape index (κ2) is 8.71. The molecule has 7 heteroatoms. The maximum atomic E-state index is 13.4.